The summed E-state index contributed by atoms with van der Waals surface area (Å²) in [4.78, 5) is 21.9. The highest BCUT2D eigenvalue weighted by Gasteiger charge is 2.33. The first-order chi connectivity index (χ1) is 14.1. The van der Waals surface area contributed by atoms with E-state index in [1.165, 1.54) is 0 Å². The number of fused-ring (bicyclic) bond motifs is 1. The van der Waals surface area contributed by atoms with Crippen LogP contribution in [0.5, 0.6) is 11.5 Å². The number of carbonyl (C=O) groups is 1. The van der Waals surface area contributed by atoms with E-state index in [0.29, 0.717) is 18.0 Å². The van der Waals surface area contributed by atoms with Crippen LogP contribution in [0.3, 0.4) is 0 Å². The van der Waals surface area contributed by atoms with Crippen LogP contribution in [-0.2, 0) is 11.3 Å². The number of pyridine rings is 1. The molecule has 0 spiro atoms. The number of likely N-dealkylation sites (N-methyl/N-ethyl adjacent to an activating group) is 1. The van der Waals surface area contributed by atoms with Crippen LogP contribution in [-0.4, -0.2) is 61.2 Å². The van der Waals surface area contributed by atoms with Gasteiger partial charge in [0.05, 0.1) is 0 Å². The van der Waals surface area contributed by atoms with E-state index in [9.17, 15) is 4.79 Å². The monoisotopic (exact) mass is 396 g/mol. The molecule has 0 aliphatic carbocycles. The molecule has 1 aromatic carbocycles. The van der Waals surface area contributed by atoms with Crippen molar-refractivity contribution in [2.24, 2.45) is 0 Å². The summed E-state index contributed by atoms with van der Waals surface area (Å²) in [7, 11) is 2.16. The normalized spacial score (nSPS) is 22.1. The molecule has 2 aliphatic rings. The minimum atomic E-state index is -0.675. The lowest BCUT2D eigenvalue weighted by atomic mass is 10.1. The molecule has 1 amide bonds. The van der Waals surface area contributed by atoms with Crippen LogP contribution < -0.4 is 19.7 Å². The Morgan fingerprint density at radius 3 is 2.66 bits per heavy atom. The number of para-hydroxylation sites is 2. The summed E-state index contributed by atoms with van der Waals surface area (Å²) < 4.78 is 11.7. The molecular weight excluding hydrogens is 368 g/mol. The van der Waals surface area contributed by atoms with Gasteiger partial charge >= 0.3 is 0 Å². The third-order valence-electron chi connectivity index (χ3n) is 5.42. The highest BCUT2D eigenvalue weighted by molar-refractivity contribution is 5.82. The lowest BCUT2D eigenvalue weighted by Crippen LogP contribution is -2.48. The molecule has 2 aromatic rings. The molecule has 0 saturated carbocycles. The molecule has 7 nitrogen and oxygen atoms in total. The molecule has 4 rings (SSSR count). The number of hydrogen-bond acceptors (Lipinski definition) is 6. The summed E-state index contributed by atoms with van der Waals surface area (Å²) in [5.41, 5.74) is 0.957. The zero-order valence-electron chi connectivity index (χ0n) is 17.0. The predicted molar refractivity (Wildman–Crippen MR) is 111 cm³/mol. The first kappa shape index (κ1) is 19.5. The largest absolute Gasteiger partial charge is 0.482 e. The average Bonchev–Trinajstić information content (AvgIpc) is 2.96. The summed E-state index contributed by atoms with van der Waals surface area (Å²) in [5.74, 6) is 2.07. The maximum absolute atomic E-state index is 12.6. The van der Waals surface area contributed by atoms with Gasteiger partial charge in [-0.1, -0.05) is 18.2 Å². The zero-order chi connectivity index (χ0) is 20.2. The SMILES string of the molecule is C[C@@H]1Oc2ccccc2O[C@H]1C(=O)NCc1ccc(N2CCCN(C)CC2)nc1. The van der Waals surface area contributed by atoms with Crippen molar-refractivity contribution in [3.63, 3.8) is 0 Å². The first-order valence-electron chi connectivity index (χ1n) is 10.2. The second kappa shape index (κ2) is 8.69. The van der Waals surface area contributed by atoms with Crippen molar-refractivity contribution in [2.75, 3.05) is 38.1 Å². The lowest BCUT2D eigenvalue weighted by Gasteiger charge is -2.31. The molecule has 7 heteroatoms. The number of hydrogen-bond donors (Lipinski definition) is 1. The average molecular weight is 396 g/mol. The summed E-state index contributed by atoms with van der Waals surface area (Å²) in [5, 5.41) is 2.94. The second-order valence-corrected chi connectivity index (χ2v) is 7.69. The van der Waals surface area contributed by atoms with Gasteiger partial charge in [-0.25, -0.2) is 4.98 Å². The van der Waals surface area contributed by atoms with Crippen molar-refractivity contribution in [1.82, 2.24) is 15.2 Å². The fraction of sp³-hybridized carbons (Fsp3) is 0.455. The van der Waals surface area contributed by atoms with E-state index in [4.69, 9.17) is 9.47 Å². The van der Waals surface area contributed by atoms with Crippen LogP contribution in [0.4, 0.5) is 5.82 Å². The van der Waals surface area contributed by atoms with Gasteiger partial charge in [0, 0.05) is 32.4 Å². The third-order valence-corrected chi connectivity index (χ3v) is 5.42. The molecule has 1 N–H and O–H groups in total. The fourth-order valence-corrected chi connectivity index (χ4v) is 3.68. The molecule has 29 heavy (non-hydrogen) atoms. The van der Waals surface area contributed by atoms with Crippen molar-refractivity contribution >= 4 is 11.7 Å². The van der Waals surface area contributed by atoms with Gasteiger partial charge in [-0.3, -0.25) is 4.79 Å². The van der Waals surface area contributed by atoms with Crippen LogP contribution in [0, 0.1) is 0 Å². The van der Waals surface area contributed by atoms with Gasteiger partial charge in [-0.2, -0.15) is 0 Å². The molecular formula is C22H28N4O3. The number of ether oxygens (including phenoxy) is 2. The van der Waals surface area contributed by atoms with Crippen molar-refractivity contribution in [1.29, 1.82) is 0 Å². The van der Waals surface area contributed by atoms with Crippen LogP contribution in [0.25, 0.3) is 0 Å². The number of aromatic nitrogens is 1. The van der Waals surface area contributed by atoms with Gasteiger partial charge < -0.3 is 24.6 Å². The van der Waals surface area contributed by atoms with E-state index in [2.05, 4.69) is 27.1 Å². The predicted octanol–water partition coefficient (Wildman–Crippen LogP) is 2.07. The van der Waals surface area contributed by atoms with Crippen molar-refractivity contribution < 1.29 is 14.3 Å². The van der Waals surface area contributed by atoms with Gasteiger partial charge in [0.1, 0.15) is 11.9 Å². The Morgan fingerprint density at radius 2 is 1.90 bits per heavy atom. The molecule has 154 valence electrons. The third kappa shape index (κ3) is 4.62. The van der Waals surface area contributed by atoms with Crippen LogP contribution in [0.2, 0.25) is 0 Å². The van der Waals surface area contributed by atoms with E-state index >= 15 is 0 Å². The van der Waals surface area contributed by atoms with Crippen molar-refractivity contribution in [3.8, 4) is 11.5 Å². The van der Waals surface area contributed by atoms with E-state index in [1.54, 1.807) is 0 Å². The minimum absolute atomic E-state index is 0.188. The maximum Gasteiger partial charge on any atom is 0.265 e. The van der Waals surface area contributed by atoms with Gasteiger partial charge in [-0.05, 0) is 50.7 Å². The van der Waals surface area contributed by atoms with E-state index in [-0.39, 0.29) is 12.0 Å². The van der Waals surface area contributed by atoms with Crippen LogP contribution in [0.15, 0.2) is 42.6 Å². The number of benzene rings is 1. The summed E-state index contributed by atoms with van der Waals surface area (Å²) in [6.45, 7) is 6.42. The molecule has 0 unspecified atom stereocenters. The van der Waals surface area contributed by atoms with Gasteiger partial charge in [0.15, 0.2) is 11.5 Å². The quantitative estimate of drug-likeness (QED) is 0.854. The van der Waals surface area contributed by atoms with E-state index in [0.717, 1.165) is 44.0 Å². The molecule has 2 atom stereocenters. The smallest absolute Gasteiger partial charge is 0.265 e. The molecule has 1 fully saturated rings. The topological polar surface area (TPSA) is 66.9 Å². The van der Waals surface area contributed by atoms with Gasteiger partial charge in [0.2, 0.25) is 6.10 Å². The Morgan fingerprint density at radius 1 is 1.10 bits per heavy atom. The number of amides is 1. The Labute approximate surface area is 171 Å². The zero-order valence-corrected chi connectivity index (χ0v) is 17.0. The summed E-state index contributed by atoms with van der Waals surface area (Å²) in [6.07, 6.45) is 1.94. The fourth-order valence-electron chi connectivity index (χ4n) is 3.68. The first-order valence-corrected chi connectivity index (χ1v) is 10.2. The van der Waals surface area contributed by atoms with Crippen molar-refractivity contribution in [3.05, 3.63) is 48.2 Å². The number of rotatable bonds is 4. The van der Waals surface area contributed by atoms with E-state index in [1.807, 2.05) is 49.5 Å². The lowest BCUT2D eigenvalue weighted by molar-refractivity contribution is -0.133. The number of nitrogens with zero attached hydrogens (tertiary/aromatic N) is 3. The highest BCUT2D eigenvalue weighted by Crippen LogP contribution is 2.33. The maximum atomic E-state index is 12.6. The minimum Gasteiger partial charge on any atom is -0.482 e. The number of nitrogens with one attached hydrogen (secondary N) is 1. The van der Waals surface area contributed by atoms with Crippen molar-refractivity contribution in [2.45, 2.75) is 32.1 Å². The Bertz CT molecular complexity index is 842. The molecule has 3 heterocycles. The molecule has 0 bridgehead atoms. The Hall–Kier alpha value is -2.80. The summed E-state index contributed by atoms with van der Waals surface area (Å²) in [6, 6.07) is 11.5. The van der Waals surface area contributed by atoms with Gasteiger partial charge in [0.25, 0.3) is 5.91 Å². The van der Waals surface area contributed by atoms with Gasteiger partial charge in [-0.15, -0.1) is 0 Å². The second-order valence-electron chi connectivity index (χ2n) is 7.69. The Kier molecular flexibility index (Phi) is 5.85. The number of carbonyl (C=O) groups excluding carboxylic acids is 1. The standard InChI is InChI=1S/C22H28N4O3/c1-16-21(29-19-7-4-3-6-18(19)28-16)22(27)24-15-17-8-9-20(23-14-17)26-11-5-10-25(2)12-13-26/h3-4,6-9,14,16,21H,5,10-13,15H2,1-2H3,(H,24,27)/t16-,21+/m0/s1. The van der Waals surface area contributed by atoms with Crippen LogP contribution in [0.1, 0.15) is 18.9 Å². The van der Waals surface area contributed by atoms with Crippen LogP contribution >= 0.6 is 0 Å². The summed E-state index contributed by atoms with van der Waals surface area (Å²) >= 11 is 0. The molecule has 0 radical (unpaired) electrons. The molecule has 1 saturated heterocycles. The van der Waals surface area contributed by atoms with E-state index < -0.39 is 6.10 Å². The number of anilines is 1. The molecule has 1 aromatic heterocycles. The highest BCUT2D eigenvalue weighted by atomic mass is 16.6. The molecule has 2 aliphatic heterocycles. The Balaban J connectivity index is 1.32.